The van der Waals surface area contributed by atoms with Gasteiger partial charge in [-0.15, -0.1) is 0 Å². The van der Waals surface area contributed by atoms with E-state index in [0.717, 1.165) is 43.4 Å². The van der Waals surface area contributed by atoms with E-state index in [1.165, 1.54) is 25.7 Å². The van der Waals surface area contributed by atoms with Crippen molar-refractivity contribution in [2.24, 2.45) is 0 Å². The van der Waals surface area contributed by atoms with E-state index in [0.29, 0.717) is 10.8 Å². The van der Waals surface area contributed by atoms with Crippen molar-refractivity contribution in [3.8, 4) is 0 Å². The second-order valence-corrected chi connectivity index (χ2v) is 9.99. The predicted octanol–water partition coefficient (Wildman–Crippen LogP) is 7.94. The summed E-state index contributed by atoms with van der Waals surface area (Å²) < 4.78 is 5.51. The number of nitrogens with one attached hydrogen (secondary N) is 1. The van der Waals surface area contributed by atoms with Crippen LogP contribution in [0.4, 0.5) is 10.5 Å². The van der Waals surface area contributed by atoms with Crippen LogP contribution in [0.2, 0.25) is 0 Å². The number of unbranched alkanes of at least 4 members (excludes halogenated alkanes) is 4. The Kier molecular flexibility index (Phi) is 14.1. The number of thioether (sulfide) groups is 1. The van der Waals surface area contributed by atoms with Crippen molar-refractivity contribution in [2.75, 3.05) is 0 Å². The number of nitro groups is 1. The zero-order valence-corrected chi connectivity index (χ0v) is 21.3. The molecule has 0 bridgehead atoms. The maximum absolute atomic E-state index is 12.4. The van der Waals surface area contributed by atoms with E-state index >= 15 is 0 Å². The topological polar surface area (TPSA) is 81.5 Å². The molecule has 1 N–H and O–H groups in total. The lowest BCUT2D eigenvalue weighted by atomic mass is 10.0. The van der Waals surface area contributed by atoms with Gasteiger partial charge in [-0.1, -0.05) is 72.3 Å². The molecule has 0 spiro atoms. The monoisotopic (exact) mass is 466 g/mol. The Morgan fingerprint density at radius 1 is 1.09 bits per heavy atom. The molecular weight excluding hydrogens is 424 g/mol. The van der Waals surface area contributed by atoms with Crippen molar-refractivity contribution >= 4 is 23.5 Å². The highest BCUT2D eigenvalue weighted by Crippen LogP contribution is 2.31. The fourth-order valence-electron chi connectivity index (χ4n) is 3.71. The van der Waals surface area contributed by atoms with Crippen LogP contribution in [0.15, 0.2) is 18.2 Å². The highest BCUT2D eigenvalue weighted by Gasteiger charge is 2.23. The van der Waals surface area contributed by atoms with Crippen LogP contribution in [-0.4, -0.2) is 22.3 Å². The van der Waals surface area contributed by atoms with Gasteiger partial charge in [0.2, 0.25) is 0 Å². The van der Waals surface area contributed by atoms with Gasteiger partial charge in [0.25, 0.3) is 5.69 Å². The first-order chi connectivity index (χ1) is 15.3. The number of hydrogen-bond donors (Lipinski definition) is 1. The molecular formula is C25H42N2O4S. The summed E-state index contributed by atoms with van der Waals surface area (Å²) in [6.07, 6.45) is 8.74. The van der Waals surface area contributed by atoms with E-state index in [4.69, 9.17) is 4.74 Å². The molecule has 1 rings (SSSR count). The van der Waals surface area contributed by atoms with E-state index in [9.17, 15) is 14.9 Å². The largest absolute Gasteiger partial charge is 0.441 e. The number of alkyl carbamates (subject to hydrolysis) is 1. The number of carbonyl (C=O) groups excluding carboxylic acids is 1. The van der Waals surface area contributed by atoms with Gasteiger partial charge in [0.05, 0.1) is 10.5 Å². The van der Waals surface area contributed by atoms with Crippen molar-refractivity contribution in [1.82, 2.24) is 5.32 Å². The summed E-state index contributed by atoms with van der Waals surface area (Å²) in [4.78, 5) is 23.7. The highest BCUT2D eigenvalue weighted by atomic mass is 32.2. The highest BCUT2D eigenvalue weighted by molar-refractivity contribution is 7.99. The lowest BCUT2D eigenvalue weighted by molar-refractivity contribution is -0.386. The van der Waals surface area contributed by atoms with Gasteiger partial charge in [-0.3, -0.25) is 10.1 Å². The second-order valence-electron chi connectivity index (χ2n) is 8.56. The molecule has 0 aromatic heterocycles. The number of amides is 1. The molecule has 0 fully saturated rings. The number of hydrogen-bond acceptors (Lipinski definition) is 5. The van der Waals surface area contributed by atoms with Gasteiger partial charge in [0, 0.05) is 23.1 Å². The molecule has 32 heavy (non-hydrogen) atoms. The summed E-state index contributed by atoms with van der Waals surface area (Å²) in [6.45, 7) is 10.3. The summed E-state index contributed by atoms with van der Waals surface area (Å²) in [5.41, 5.74) is 1.35. The van der Waals surface area contributed by atoms with Crippen molar-refractivity contribution in [1.29, 1.82) is 0 Å². The fourth-order valence-corrected chi connectivity index (χ4v) is 4.77. The SMILES string of the molecule is CCCCCCCC(CC)NC(=O)OC(C)c1ccc(CSC(C)CCC)cc1[N+](=O)[O-]. The van der Waals surface area contributed by atoms with Crippen LogP contribution in [0.25, 0.3) is 0 Å². The maximum Gasteiger partial charge on any atom is 0.407 e. The van der Waals surface area contributed by atoms with Gasteiger partial charge in [0.15, 0.2) is 0 Å². The first-order valence-electron chi connectivity index (χ1n) is 12.2. The maximum atomic E-state index is 12.4. The Morgan fingerprint density at radius 3 is 2.44 bits per heavy atom. The van der Waals surface area contributed by atoms with Gasteiger partial charge in [-0.05, 0) is 37.8 Å². The molecule has 3 unspecified atom stereocenters. The number of nitrogens with zero attached hydrogens (tertiary/aromatic N) is 1. The summed E-state index contributed by atoms with van der Waals surface area (Å²) in [7, 11) is 0. The second kappa shape index (κ2) is 15.9. The number of ether oxygens (including phenoxy) is 1. The minimum Gasteiger partial charge on any atom is -0.441 e. The molecule has 1 amide bonds. The summed E-state index contributed by atoms with van der Waals surface area (Å²) in [6, 6.07) is 5.30. The van der Waals surface area contributed by atoms with Gasteiger partial charge < -0.3 is 10.1 Å². The van der Waals surface area contributed by atoms with Gasteiger partial charge in [-0.2, -0.15) is 11.8 Å². The average molecular weight is 467 g/mol. The first-order valence-corrected chi connectivity index (χ1v) is 13.2. The lowest BCUT2D eigenvalue weighted by Crippen LogP contribution is -2.35. The Labute approximate surface area is 198 Å². The van der Waals surface area contributed by atoms with Crippen molar-refractivity contribution in [3.05, 3.63) is 39.4 Å². The smallest absolute Gasteiger partial charge is 0.407 e. The van der Waals surface area contributed by atoms with Crippen LogP contribution in [0.5, 0.6) is 0 Å². The normalized spacial score (nSPS) is 13.9. The zero-order valence-electron chi connectivity index (χ0n) is 20.5. The Balaban J connectivity index is 2.68. The molecule has 7 heteroatoms. The molecule has 0 aliphatic heterocycles. The van der Waals surface area contributed by atoms with Gasteiger partial charge >= 0.3 is 6.09 Å². The van der Waals surface area contributed by atoms with Crippen molar-refractivity contribution < 1.29 is 14.5 Å². The minimum absolute atomic E-state index is 0.00881. The van der Waals surface area contributed by atoms with E-state index in [-0.39, 0.29) is 16.7 Å². The third kappa shape index (κ3) is 10.7. The van der Waals surface area contributed by atoms with E-state index in [2.05, 4.69) is 26.1 Å². The summed E-state index contributed by atoms with van der Waals surface area (Å²) >= 11 is 1.80. The quantitative estimate of drug-likeness (QED) is 0.152. The first kappa shape index (κ1) is 28.3. The molecule has 3 atom stereocenters. The van der Waals surface area contributed by atoms with Crippen LogP contribution in [0.3, 0.4) is 0 Å². The number of nitro benzene ring substituents is 1. The molecule has 182 valence electrons. The number of carbonyl (C=O) groups is 1. The van der Waals surface area contributed by atoms with Crippen LogP contribution >= 0.6 is 11.8 Å². The molecule has 0 radical (unpaired) electrons. The number of rotatable bonds is 16. The van der Waals surface area contributed by atoms with Crippen molar-refractivity contribution in [2.45, 2.75) is 116 Å². The standard InChI is InChI=1S/C25H42N2O4S/c1-6-9-10-11-12-14-22(8-3)26-25(28)31-20(5)23-16-15-21(17-24(23)27(29)30)18-32-19(4)13-7-2/h15-17,19-20,22H,6-14,18H2,1-5H3,(H,26,28). The average Bonchev–Trinajstić information content (AvgIpc) is 2.76. The Morgan fingerprint density at radius 2 is 1.81 bits per heavy atom. The third-order valence-corrected chi connectivity index (χ3v) is 7.02. The summed E-state index contributed by atoms with van der Waals surface area (Å²) in [5.74, 6) is 0.731. The molecule has 1 aromatic rings. The van der Waals surface area contributed by atoms with Crippen LogP contribution in [-0.2, 0) is 10.5 Å². The van der Waals surface area contributed by atoms with Crippen LogP contribution in [0, 0.1) is 10.1 Å². The van der Waals surface area contributed by atoms with E-state index in [1.54, 1.807) is 30.8 Å². The predicted molar refractivity (Wildman–Crippen MR) is 134 cm³/mol. The van der Waals surface area contributed by atoms with Gasteiger partial charge in [-0.25, -0.2) is 4.79 Å². The molecule has 0 saturated heterocycles. The van der Waals surface area contributed by atoms with Crippen LogP contribution in [0.1, 0.15) is 110 Å². The molecule has 0 heterocycles. The Hall–Kier alpha value is -1.76. The zero-order chi connectivity index (χ0) is 23.9. The van der Waals surface area contributed by atoms with E-state index in [1.807, 2.05) is 13.0 Å². The molecule has 0 aliphatic rings. The van der Waals surface area contributed by atoms with Crippen LogP contribution < -0.4 is 5.32 Å². The van der Waals surface area contributed by atoms with Gasteiger partial charge in [0.1, 0.15) is 6.10 Å². The number of benzene rings is 1. The summed E-state index contributed by atoms with van der Waals surface area (Å²) in [5, 5.41) is 15.1. The fraction of sp³-hybridized carbons (Fsp3) is 0.720. The van der Waals surface area contributed by atoms with E-state index < -0.39 is 12.2 Å². The molecule has 1 aromatic carbocycles. The Bertz CT molecular complexity index is 699. The molecule has 0 saturated carbocycles. The van der Waals surface area contributed by atoms with Crippen molar-refractivity contribution in [3.63, 3.8) is 0 Å². The third-order valence-electron chi connectivity index (χ3n) is 5.71. The lowest BCUT2D eigenvalue weighted by Gasteiger charge is -2.20. The minimum atomic E-state index is -0.696. The molecule has 0 aliphatic carbocycles. The molecule has 6 nitrogen and oxygen atoms in total.